The summed E-state index contributed by atoms with van der Waals surface area (Å²) in [5.41, 5.74) is 1.75. The van der Waals surface area contributed by atoms with Crippen LogP contribution >= 0.6 is 0 Å². The van der Waals surface area contributed by atoms with Crippen molar-refractivity contribution < 1.29 is 13.2 Å². The van der Waals surface area contributed by atoms with Crippen LogP contribution in [0, 0.1) is 6.92 Å². The molecule has 0 amide bonds. The first-order chi connectivity index (χ1) is 10.0. The second-order valence-electron chi connectivity index (χ2n) is 5.39. The van der Waals surface area contributed by atoms with Crippen LogP contribution in [0.4, 0.5) is 0 Å². The average Bonchev–Trinajstić information content (AvgIpc) is 2.47. The van der Waals surface area contributed by atoms with Crippen molar-refractivity contribution in [3.05, 3.63) is 29.3 Å². The van der Waals surface area contributed by atoms with Gasteiger partial charge in [0.2, 0.25) is 10.0 Å². The Morgan fingerprint density at radius 3 is 2.67 bits per heavy atom. The summed E-state index contributed by atoms with van der Waals surface area (Å²) in [6, 6.07) is 5.57. The smallest absolute Gasteiger partial charge is 0.241 e. The molecule has 5 nitrogen and oxygen atoms in total. The molecule has 1 aromatic carbocycles. The predicted octanol–water partition coefficient (Wildman–Crippen LogP) is 1.56. The maximum absolute atomic E-state index is 12.6. The van der Waals surface area contributed by atoms with E-state index in [1.807, 2.05) is 26.0 Å². The van der Waals surface area contributed by atoms with Gasteiger partial charge in [-0.05, 0) is 43.5 Å². The van der Waals surface area contributed by atoms with E-state index in [0.717, 1.165) is 30.5 Å². The molecule has 0 radical (unpaired) electrons. The summed E-state index contributed by atoms with van der Waals surface area (Å²) >= 11 is 0. The van der Waals surface area contributed by atoms with Gasteiger partial charge >= 0.3 is 0 Å². The molecular weight excluding hydrogens is 288 g/mol. The zero-order valence-corrected chi connectivity index (χ0v) is 13.5. The highest BCUT2D eigenvalue weighted by Crippen LogP contribution is 2.19. The van der Waals surface area contributed by atoms with Crippen LogP contribution in [0.25, 0.3) is 0 Å². The third-order valence-electron chi connectivity index (χ3n) is 3.66. The van der Waals surface area contributed by atoms with E-state index >= 15 is 0 Å². The van der Waals surface area contributed by atoms with Gasteiger partial charge in [-0.2, -0.15) is 0 Å². The van der Waals surface area contributed by atoms with Gasteiger partial charge in [0, 0.05) is 25.8 Å². The second-order valence-corrected chi connectivity index (χ2v) is 7.07. The van der Waals surface area contributed by atoms with Gasteiger partial charge in [-0.3, -0.25) is 0 Å². The van der Waals surface area contributed by atoms with Crippen molar-refractivity contribution in [2.75, 3.05) is 19.8 Å². The number of rotatable bonds is 6. The molecule has 118 valence electrons. The molecule has 1 aromatic rings. The summed E-state index contributed by atoms with van der Waals surface area (Å²) in [6.07, 6.45) is 1.46. The number of sulfonamides is 1. The van der Waals surface area contributed by atoms with Crippen molar-refractivity contribution in [1.29, 1.82) is 0 Å². The van der Waals surface area contributed by atoms with Crippen LogP contribution in [-0.4, -0.2) is 34.2 Å². The SMILES string of the molecule is CCNCc1ccc(C)c(S(=O)(=O)NC2CCOCC2)c1. The van der Waals surface area contributed by atoms with Crippen LogP contribution in [0.2, 0.25) is 0 Å². The Labute approximate surface area is 127 Å². The van der Waals surface area contributed by atoms with E-state index < -0.39 is 10.0 Å². The van der Waals surface area contributed by atoms with E-state index in [1.54, 1.807) is 6.07 Å². The molecule has 0 aromatic heterocycles. The molecule has 6 heteroatoms. The molecule has 1 heterocycles. The van der Waals surface area contributed by atoms with Gasteiger partial charge in [-0.1, -0.05) is 19.1 Å². The van der Waals surface area contributed by atoms with Gasteiger partial charge < -0.3 is 10.1 Å². The van der Waals surface area contributed by atoms with E-state index in [2.05, 4.69) is 10.0 Å². The fraction of sp³-hybridized carbons (Fsp3) is 0.600. The molecule has 21 heavy (non-hydrogen) atoms. The lowest BCUT2D eigenvalue weighted by atomic mass is 10.1. The zero-order valence-electron chi connectivity index (χ0n) is 12.7. The lowest BCUT2D eigenvalue weighted by Crippen LogP contribution is -2.39. The van der Waals surface area contributed by atoms with Gasteiger partial charge in [-0.25, -0.2) is 13.1 Å². The standard InChI is InChI=1S/C15H24N2O3S/c1-3-16-11-13-5-4-12(2)15(10-13)21(18,19)17-14-6-8-20-9-7-14/h4-5,10,14,16-17H,3,6-9,11H2,1-2H3. The largest absolute Gasteiger partial charge is 0.381 e. The van der Waals surface area contributed by atoms with Crippen LogP contribution in [0.1, 0.15) is 30.9 Å². The zero-order chi connectivity index (χ0) is 15.3. The summed E-state index contributed by atoms with van der Waals surface area (Å²) in [4.78, 5) is 0.379. The number of hydrogen-bond donors (Lipinski definition) is 2. The summed E-state index contributed by atoms with van der Waals surface area (Å²) in [5, 5.41) is 3.21. The highest BCUT2D eigenvalue weighted by atomic mass is 32.2. The van der Waals surface area contributed by atoms with Crippen molar-refractivity contribution in [3.8, 4) is 0 Å². The minimum atomic E-state index is -3.47. The summed E-state index contributed by atoms with van der Waals surface area (Å²) in [6.45, 7) is 6.63. The molecule has 0 bridgehead atoms. The quantitative estimate of drug-likeness (QED) is 0.836. The molecule has 1 aliphatic rings. The van der Waals surface area contributed by atoms with E-state index in [-0.39, 0.29) is 6.04 Å². The molecule has 2 N–H and O–H groups in total. The Morgan fingerprint density at radius 2 is 2.00 bits per heavy atom. The Bertz CT molecular complexity index is 566. The molecule has 0 atom stereocenters. The topological polar surface area (TPSA) is 67.4 Å². The molecule has 1 aliphatic heterocycles. The molecular formula is C15H24N2O3S. The van der Waals surface area contributed by atoms with Gasteiger partial charge in [0.05, 0.1) is 4.90 Å². The van der Waals surface area contributed by atoms with Gasteiger partial charge in [-0.15, -0.1) is 0 Å². The van der Waals surface area contributed by atoms with Crippen LogP contribution in [-0.2, 0) is 21.3 Å². The summed E-state index contributed by atoms with van der Waals surface area (Å²) in [7, 11) is -3.47. The monoisotopic (exact) mass is 312 g/mol. The Morgan fingerprint density at radius 1 is 1.29 bits per heavy atom. The first kappa shape index (κ1) is 16.4. The lowest BCUT2D eigenvalue weighted by Gasteiger charge is -2.23. The van der Waals surface area contributed by atoms with E-state index in [1.165, 1.54) is 0 Å². The highest BCUT2D eigenvalue weighted by molar-refractivity contribution is 7.89. The summed E-state index contributed by atoms with van der Waals surface area (Å²) in [5.74, 6) is 0. The average molecular weight is 312 g/mol. The first-order valence-electron chi connectivity index (χ1n) is 7.43. The molecule has 2 rings (SSSR count). The van der Waals surface area contributed by atoms with Crippen molar-refractivity contribution in [1.82, 2.24) is 10.0 Å². The van der Waals surface area contributed by atoms with E-state index in [9.17, 15) is 8.42 Å². The van der Waals surface area contributed by atoms with Crippen molar-refractivity contribution in [2.24, 2.45) is 0 Å². The lowest BCUT2D eigenvalue weighted by molar-refractivity contribution is 0.0832. The van der Waals surface area contributed by atoms with Crippen molar-refractivity contribution >= 4 is 10.0 Å². The molecule has 0 spiro atoms. The number of ether oxygens (including phenoxy) is 1. The molecule has 0 aliphatic carbocycles. The third kappa shape index (κ3) is 4.51. The second kappa shape index (κ2) is 7.35. The third-order valence-corrected chi connectivity index (χ3v) is 5.33. The molecule has 0 unspecified atom stereocenters. The number of aryl methyl sites for hydroxylation is 1. The van der Waals surface area contributed by atoms with Gasteiger partial charge in [0.15, 0.2) is 0 Å². The molecule has 1 fully saturated rings. The summed E-state index contributed by atoms with van der Waals surface area (Å²) < 4.78 is 33.2. The van der Waals surface area contributed by atoms with Gasteiger partial charge in [0.1, 0.15) is 0 Å². The van der Waals surface area contributed by atoms with Crippen LogP contribution in [0.5, 0.6) is 0 Å². The Hall–Kier alpha value is -0.950. The van der Waals surface area contributed by atoms with E-state index in [4.69, 9.17) is 4.74 Å². The number of benzene rings is 1. The van der Waals surface area contributed by atoms with Crippen LogP contribution in [0.15, 0.2) is 23.1 Å². The molecule has 1 saturated heterocycles. The fourth-order valence-corrected chi connectivity index (χ4v) is 4.01. The number of nitrogens with one attached hydrogen (secondary N) is 2. The van der Waals surface area contributed by atoms with Gasteiger partial charge in [0.25, 0.3) is 0 Å². The van der Waals surface area contributed by atoms with Crippen molar-refractivity contribution in [3.63, 3.8) is 0 Å². The number of hydrogen-bond acceptors (Lipinski definition) is 4. The van der Waals surface area contributed by atoms with Crippen LogP contribution < -0.4 is 10.0 Å². The predicted molar refractivity (Wildman–Crippen MR) is 82.7 cm³/mol. The maximum Gasteiger partial charge on any atom is 0.241 e. The minimum Gasteiger partial charge on any atom is -0.381 e. The minimum absolute atomic E-state index is 0.0272. The normalized spacial score (nSPS) is 17.0. The first-order valence-corrected chi connectivity index (χ1v) is 8.91. The van der Waals surface area contributed by atoms with Crippen LogP contribution in [0.3, 0.4) is 0 Å². The van der Waals surface area contributed by atoms with Crippen molar-refractivity contribution in [2.45, 2.75) is 44.2 Å². The Balaban J connectivity index is 2.17. The Kier molecular flexibility index (Phi) is 5.75. The van der Waals surface area contributed by atoms with E-state index in [0.29, 0.717) is 24.7 Å². The fourth-order valence-electron chi connectivity index (χ4n) is 2.41. The maximum atomic E-state index is 12.6. The molecule has 0 saturated carbocycles. The highest BCUT2D eigenvalue weighted by Gasteiger charge is 2.23.